The van der Waals surface area contributed by atoms with Crippen molar-refractivity contribution in [2.75, 3.05) is 23.3 Å². The molecule has 0 aliphatic carbocycles. The van der Waals surface area contributed by atoms with E-state index >= 15 is 0 Å². The molecule has 0 bridgehead atoms. The van der Waals surface area contributed by atoms with Gasteiger partial charge in [0.25, 0.3) is 0 Å². The number of hydrogen-bond donors (Lipinski definition) is 1. The summed E-state index contributed by atoms with van der Waals surface area (Å²) >= 11 is 0. The van der Waals surface area contributed by atoms with Gasteiger partial charge in [0.1, 0.15) is 11.6 Å². The summed E-state index contributed by atoms with van der Waals surface area (Å²) in [5.74, 6) is 2.10. The van der Waals surface area contributed by atoms with Gasteiger partial charge in [0.2, 0.25) is 0 Å². The van der Waals surface area contributed by atoms with Gasteiger partial charge in [0.05, 0.1) is 11.9 Å². The van der Waals surface area contributed by atoms with Crippen LogP contribution >= 0.6 is 0 Å². The highest BCUT2D eigenvalue weighted by molar-refractivity contribution is 5.86. The first kappa shape index (κ1) is 23.8. The second-order valence-electron chi connectivity index (χ2n) is 9.59. The largest absolute Gasteiger partial charge is 0.417 e. The van der Waals surface area contributed by atoms with Crippen LogP contribution in [0.5, 0.6) is 5.75 Å². The van der Waals surface area contributed by atoms with Crippen molar-refractivity contribution in [1.29, 1.82) is 0 Å². The van der Waals surface area contributed by atoms with Crippen LogP contribution in [-0.2, 0) is 6.42 Å². The van der Waals surface area contributed by atoms with E-state index in [2.05, 4.69) is 60.2 Å². The Bertz CT molecular complexity index is 1080. The molecule has 34 heavy (non-hydrogen) atoms. The molecular formula is C29H35N3O2. The second kappa shape index (κ2) is 11.2. The third-order valence-corrected chi connectivity index (χ3v) is 6.25. The maximum atomic E-state index is 12.5. The number of carbonyl (C=O) groups excluding carboxylic acids is 1. The first-order valence-corrected chi connectivity index (χ1v) is 12.4. The summed E-state index contributed by atoms with van der Waals surface area (Å²) in [4.78, 5) is 19.4. The maximum absolute atomic E-state index is 12.5. The zero-order valence-corrected chi connectivity index (χ0v) is 20.5. The van der Waals surface area contributed by atoms with Crippen molar-refractivity contribution < 1.29 is 9.53 Å². The number of pyridine rings is 1. The monoisotopic (exact) mass is 457 g/mol. The van der Waals surface area contributed by atoms with Crippen molar-refractivity contribution in [3.63, 3.8) is 0 Å². The second-order valence-corrected chi connectivity index (χ2v) is 9.59. The average molecular weight is 458 g/mol. The lowest BCUT2D eigenvalue weighted by Crippen LogP contribution is -2.25. The predicted molar refractivity (Wildman–Crippen MR) is 140 cm³/mol. The van der Waals surface area contributed by atoms with Crippen LogP contribution in [0.2, 0.25) is 0 Å². The molecule has 1 N–H and O–H groups in total. The zero-order chi connectivity index (χ0) is 23.9. The van der Waals surface area contributed by atoms with E-state index in [1.54, 1.807) is 6.20 Å². The molecule has 1 fully saturated rings. The van der Waals surface area contributed by atoms with Gasteiger partial charge in [-0.1, -0.05) is 57.0 Å². The number of nitrogens with one attached hydrogen (secondary N) is 1. The molecule has 1 amide bonds. The number of amides is 1. The van der Waals surface area contributed by atoms with E-state index < -0.39 is 6.09 Å². The number of hydrogen-bond acceptors (Lipinski definition) is 4. The van der Waals surface area contributed by atoms with Gasteiger partial charge in [-0.2, -0.15) is 0 Å². The highest BCUT2D eigenvalue weighted by Crippen LogP contribution is 2.29. The molecule has 3 aromatic rings. The number of benzene rings is 2. The van der Waals surface area contributed by atoms with Crippen molar-refractivity contribution in [3.8, 4) is 16.9 Å². The van der Waals surface area contributed by atoms with Crippen LogP contribution in [-0.4, -0.2) is 24.2 Å². The maximum Gasteiger partial charge on any atom is 0.417 e. The average Bonchev–Trinajstić information content (AvgIpc) is 3.11. The molecule has 2 heterocycles. The van der Waals surface area contributed by atoms with Gasteiger partial charge in [-0.05, 0) is 78.6 Å². The standard InChI is InChI=1S/C29H35N3O2/c1-21(2)18-23-9-11-24(12-10-23)27-19-26(14-8-22(27)3)34-29(33)31-25-13-15-28(30-20-25)32-16-6-4-5-7-17-32/h8-15,19-21H,4-7,16-18H2,1-3H3,(H,31,33). The topological polar surface area (TPSA) is 54.5 Å². The summed E-state index contributed by atoms with van der Waals surface area (Å²) < 4.78 is 5.59. The van der Waals surface area contributed by atoms with E-state index in [0.717, 1.165) is 42.0 Å². The summed E-state index contributed by atoms with van der Waals surface area (Å²) in [7, 11) is 0. The predicted octanol–water partition coefficient (Wildman–Crippen LogP) is 7.25. The van der Waals surface area contributed by atoms with Crippen LogP contribution in [0.25, 0.3) is 11.1 Å². The molecule has 5 heteroatoms. The molecule has 0 radical (unpaired) electrons. The molecular weight excluding hydrogens is 422 g/mol. The number of ether oxygens (including phenoxy) is 1. The summed E-state index contributed by atoms with van der Waals surface area (Å²) in [5.41, 5.74) is 5.27. The molecule has 0 saturated carbocycles. The van der Waals surface area contributed by atoms with E-state index in [-0.39, 0.29) is 0 Å². The van der Waals surface area contributed by atoms with Crippen LogP contribution in [0.3, 0.4) is 0 Å². The van der Waals surface area contributed by atoms with E-state index in [0.29, 0.717) is 17.4 Å². The van der Waals surface area contributed by atoms with Gasteiger partial charge in [0, 0.05) is 13.1 Å². The lowest BCUT2D eigenvalue weighted by atomic mass is 9.97. The molecule has 1 aliphatic rings. The number of nitrogens with zero attached hydrogens (tertiary/aromatic N) is 2. The normalized spacial score (nSPS) is 14.1. The Morgan fingerprint density at radius 1 is 1.00 bits per heavy atom. The molecule has 0 atom stereocenters. The first-order chi connectivity index (χ1) is 16.5. The number of aromatic nitrogens is 1. The molecule has 0 spiro atoms. The Kier molecular flexibility index (Phi) is 7.84. The van der Waals surface area contributed by atoms with Gasteiger partial charge < -0.3 is 9.64 Å². The van der Waals surface area contributed by atoms with Gasteiger partial charge in [-0.3, -0.25) is 5.32 Å². The van der Waals surface area contributed by atoms with Crippen molar-refractivity contribution in [3.05, 3.63) is 71.9 Å². The highest BCUT2D eigenvalue weighted by Gasteiger charge is 2.12. The van der Waals surface area contributed by atoms with Crippen molar-refractivity contribution >= 4 is 17.6 Å². The third-order valence-electron chi connectivity index (χ3n) is 6.25. The van der Waals surface area contributed by atoms with Crippen LogP contribution in [0.1, 0.15) is 50.7 Å². The van der Waals surface area contributed by atoms with Crippen molar-refractivity contribution in [2.45, 2.75) is 52.9 Å². The molecule has 4 rings (SSSR count). The van der Waals surface area contributed by atoms with Gasteiger partial charge in [-0.25, -0.2) is 9.78 Å². The Hall–Kier alpha value is -3.34. The Labute approximate surface area is 203 Å². The smallest absolute Gasteiger partial charge is 0.410 e. The molecule has 1 aromatic heterocycles. The summed E-state index contributed by atoms with van der Waals surface area (Å²) in [6.45, 7) is 8.60. The Morgan fingerprint density at radius 3 is 2.38 bits per heavy atom. The minimum Gasteiger partial charge on any atom is -0.410 e. The summed E-state index contributed by atoms with van der Waals surface area (Å²) in [6, 6.07) is 18.2. The summed E-state index contributed by atoms with van der Waals surface area (Å²) in [5, 5.41) is 2.79. The van der Waals surface area contributed by atoms with E-state index in [1.807, 2.05) is 30.3 Å². The molecule has 1 aliphatic heterocycles. The molecule has 2 aromatic carbocycles. The fourth-order valence-electron chi connectivity index (χ4n) is 4.46. The fraction of sp³-hybridized carbons (Fsp3) is 0.379. The lowest BCUT2D eigenvalue weighted by Gasteiger charge is -2.21. The number of aryl methyl sites for hydroxylation is 1. The number of rotatable bonds is 6. The minimum atomic E-state index is -0.522. The fourth-order valence-corrected chi connectivity index (χ4v) is 4.46. The van der Waals surface area contributed by atoms with Crippen molar-refractivity contribution in [2.24, 2.45) is 5.92 Å². The Morgan fingerprint density at radius 2 is 1.74 bits per heavy atom. The molecule has 5 nitrogen and oxygen atoms in total. The van der Waals surface area contributed by atoms with Crippen LogP contribution in [0.15, 0.2) is 60.8 Å². The van der Waals surface area contributed by atoms with Gasteiger partial charge >= 0.3 is 6.09 Å². The van der Waals surface area contributed by atoms with Crippen LogP contribution in [0, 0.1) is 12.8 Å². The van der Waals surface area contributed by atoms with E-state index in [9.17, 15) is 4.79 Å². The number of carbonyl (C=O) groups is 1. The van der Waals surface area contributed by atoms with E-state index in [1.165, 1.54) is 31.2 Å². The van der Waals surface area contributed by atoms with E-state index in [4.69, 9.17) is 4.74 Å². The first-order valence-electron chi connectivity index (χ1n) is 12.4. The minimum absolute atomic E-state index is 0.513. The zero-order valence-electron chi connectivity index (χ0n) is 20.5. The molecule has 0 unspecified atom stereocenters. The quantitative estimate of drug-likeness (QED) is 0.424. The lowest BCUT2D eigenvalue weighted by molar-refractivity contribution is 0.215. The van der Waals surface area contributed by atoms with Crippen molar-refractivity contribution in [1.82, 2.24) is 4.98 Å². The third kappa shape index (κ3) is 6.37. The van der Waals surface area contributed by atoms with Crippen LogP contribution in [0.4, 0.5) is 16.3 Å². The number of anilines is 2. The molecule has 178 valence electrons. The Balaban J connectivity index is 1.39. The van der Waals surface area contributed by atoms with Gasteiger partial charge in [-0.15, -0.1) is 0 Å². The van der Waals surface area contributed by atoms with Crippen LogP contribution < -0.4 is 15.0 Å². The highest BCUT2D eigenvalue weighted by atomic mass is 16.6. The van der Waals surface area contributed by atoms with Gasteiger partial charge in [0.15, 0.2) is 0 Å². The molecule has 1 saturated heterocycles. The summed E-state index contributed by atoms with van der Waals surface area (Å²) in [6.07, 6.45) is 7.21. The SMILES string of the molecule is Cc1ccc(OC(=O)Nc2ccc(N3CCCCCC3)nc2)cc1-c1ccc(CC(C)C)cc1.